The van der Waals surface area contributed by atoms with Crippen LogP contribution < -0.4 is 10.6 Å². The highest BCUT2D eigenvalue weighted by atomic mass is 19.3. The molecule has 10 heteroatoms. The molecule has 0 unspecified atom stereocenters. The van der Waals surface area contributed by atoms with Crippen molar-refractivity contribution in [2.24, 2.45) is 5.92 Å². The zero-order valence-electron chi connectivity index (χ0n) is 18.2. The molecule has 2 aliphatic heterocycles. The Morgan fingerprint density at radius 2 is 2.18 bits per heavy atom. The smallest absolute Gasteiger partial charge is 0.256 e. The number of amides is 3. The highest BCUT2D eigenvalue weighted by molar-refractivity contribution is 6.07. The lowest BCUT2D eigenvalue weighted by atomic mass is 9.95. The highest BCUT2D eigenvalue weighted by Crippen LogP contribution is 2.34. The minimum Gasteiger partial charge on any atom is -0.358 e. The number of halogens is 2. The summed E-state index contributed by atoms with van der Waals surface area (Å²) in [7, 11) is 0. The fourth-order valence-electron chi connectivity index (χ4n) is 4.61. The summed E-state index contributed by atoms with van der Waals surface area (Å²) in [5.74, 6) is -5.07. The van der Waals surface area contributed by atoms with Gasteiger partial charge in [0.05, 0.1) is 17.1 Å². The average molecular weight is 457 g/mol. The Morgan fingerprint density at radius 1 is 1.39 bits per heavy atom. The van der Waals surface area contributed by atoms with Gasteiger partial charge in [-0.3, -0.25) is 14.4 Å². The number of benzene rings is 1. The standard InChI is InChI=1S/C23H25F2N5O3/c1-13-9-14-3-2-4-17(19(14)28-13)22(33)30-8-6-23(24,25)11-18(30)21(32)29-16(12-26)10-15-5-7-27-20(15)31/h2-4,9,15-16,18,28H,5-8,10-11H2,1H3,(H,27,31)(H,29,32)/t15-,16-,18-/m0/s1. The number of alkyl halides is 2. The van der Waals surface area contributed by atoms with E-state index < -0.39 is 48.6 Å². The first-order chi connectivity index (χ1) is 15.7. The summed E-state index contributed by atoms with van der Waals surface area (Å²) in [4.78, 5) is 42.5. The molecule has 0 saturated carbocycles. The maximum Gasteiger partial charge on any atom is 0.256 e. The minimum atomic E-state index is -3.11. The first-order valence-electron chi connectivity index (χ1n) is 10.9. The normalized spacial score (nSPS) is 23.1. The topological polar surface area (TPSA) is 118 Å². The second kappa shape index (κ2) is 8.81. The Bertz CT molecular complexity index is 1140. The lowest BCUT2D eigenvalue weighted by Gasteiger charge is -2.38. The molecule has 0 radical (unpaired) electrons. The van der Waals surface area contributed by atoms with Gasteiger partial charge in [-0.15, -0.1) is 0 Å². The zero-order chi connectivity index (χ0) is 23.8. The summed E-state index contributed by atoms with van der Waals surface area (Å²) in [6, 6.07) is 6.49. The molecule has 1 aromatic heterocycles. The molecule has 33 heavy (non-hydrogen) atoms. The van der Waals surface area contributed by atoms with Gasteiger partial charge in [-0.1, -0.05) is 12.1 Å². The van der Waals surface area contributed by atoms with Gasteiger partial charge in [0.1, 0.15) is 12.1 Å². The lowest BCUT2D eigenvalue weighted by Crippen LogP contribution is -2.57. The molecule has 1 aromatic carbocycles. The molecule has 2 fully saturated rings. The maximum atomic E-state index is 14.3. The molecular formula is C23H25F2N5O3. The van der Waals surface area contributed by atoms with Crippen LogP contribution in [0.25, 0.3) is 10.9 Å². The largest absolute Gasteiger partial charge is 0.358 e. The van der Waals surface area contributed by atoms with Crippen LogP contribution in [-0.4, -0.2) is 58.7 Å². The molecule has 2 aromatic rings. The van der Waals surface area contributed by atoms with Crippen molar-refractivity contribution in [3.05, 3.63) is 35.5 Å². The predicted octanol–water partition coefficient (Wildman–Crippen LogP) is 2.25. The van der Waals surface area contributed by atoms with Crippen LogP contribution >= 0.6 is 0 Å². The quantitative estimate of drug-likeness (QED) is 0.638. The number of rotatable bonds is 5. The number of aryl methyl sites for hydroxylation is 1. The van der Waals surface area contributed by atoms with Crippen molar-refractivity contribution >= 4 is 28.6 Å². The SMILES string of the molecule is Cc1cc2cccc(C(=O)N3CCC(F)(F)C[C@H]3C(=O)N[C@H](C#N)C[C@@H]3CCNC3=O)c2[nH]1. The van der Waals surface area contributed by atoms with E-state index in [1.54, 1.807) is 12.1 Å². The van der Waals surface area contributed by atoms with Crippen LogP contribution in [0.4, 0.5) is 8.78 Å². The molecule has 0 aliphatic carbocycles. The second-order valence-corrected chi connectivity index (χ2v) is 8.75. The van der Waals surface area contributed by atoms with E-state index in [0.717, 1.165) is 16.0 Å². The molecule has 2 saturated heterocycles. The number of hydrogen-bond donors (Lipinski definition) is 3. The van der Waals surface area contributed by atoms with Gasteiger partial charge < -0.3 is 20.5 Å². The van der Waals surface area contributed by atoms with Gasteiger partial charge >= 0.3 is 0 Å². The lowest BCUT2D eigenvalue weighted by molar-refractivity contribution is -0.135. The molecule has 174 valence electrons. The number of nitrogens with zero attached hydrogens (tertiary/aromatic N) is 2. The van der Waals surface area contributed by atoms with Crippen LogP contribution in [0.15, 0.2) is 24.3 Å². The number of carbonyl (C=O) groups is 3. The summed E-state index contributed by atoms with van der Waals surface area (Å²) in [6.07, 6.45) is -0.747. The molecule has 2 aliphatic rings. The van der Waals surface area contributed by atoms with E-state index in [1.807, 2.05) is 25.1 Å². The Hall–Kier alpha value is -3.48. The van der Waals surface area contributed by atoms with Crippen molar-refractivity contribution in [3.8, 4) is 6.07 Å². The van der Waals surface area contributed by atoms with Gasteiger partial charge in [0.2, 0.25) is 11.8 Å². The van der Waals surface area contributed by atoms with E-state index in [-0.39, 0.29) is 18.9 Å². The fraction of sp³-hybridized carbons (Fsp3) is 0.478. The minimum absolute atomic E-state index is 0.0895. The number of likely N-dealkylation sites (tertiary alicyclic amines) is 1. The van der Waals surface area contributed by atoms with E-state index in [0.29, 0.717) is 24.0 Å². The van der Waals surface area contributed by atoms with Crippen molar-refractivity contribution in [1.82, 2.24) is 20.5 Å². The van der Waals surface area contributed by atoms with Crippen molar-refractivity contribution in [3.63, 3.8) is 0 Å². The first-order valence-corrected chi connectivity index (χ1v) is 10.9. The number of aromatic amines is 1. The number of H-pyrrole nitrogens is 1. The second-order valence-electron chi connectivity index (χ2n) is 8.75. The molecule has 4 rings (SSSR count). The highest BCUT2D eigenvalue weighted by Gasteiger charge is 2.46. The number of fused-ring (bicyclic) bond motifs is 1. The van der Waals surface area contributed by atoms with E-state index >= 15 is 0 Å². The maximum absolute atomic E-state index is 14.3. The summed E-state index contributed by atoms with van der Waals surface area (Å²) in [5.41, 5.74) is 1.72. The van der Waals surface area contributed by atoms with Crippen LogP contribution in [0.1, 0.15) is 41.7 Å². The predicted molar refractivity (Wildman–Crippen MR) is 115 cm³/mol. The van der Waals surface area contributed by atoms with Crippen LogP contribution in [0, 0.1) is 24.2 Å². The van der Waals surface area contributed by atoms with E-state index in [1.165, 1.54) is 0 Å². The molecule has 3 heterocycles. The Morgan fingerprint density at radius 3 is 2.88 bits per heavy atom. The number of para-hydroxylation sites is 1. The number of carbonyl (C=O) groups excluding carboxylic acids is 3. The van der Waals surface area contributed by atoms with Gasteiger partial charge in [-0.05, 0) is 31.9 Å². The third kappa shape index (κ3) is 4.67. The van der Waals surface area contributed by atoms with Crippen molar-refractivity contribution < 1.29 is 23.2 Å². The molecule has 3 amide bonds. The van der Waals surface area contributed by atoms with Crippen LogP contribution in [0.5, 0.6) is 0 Å². The van der Waals surface area contributed by atoms with E-state index in [4.69, 9.17) is 0 Å². The third-order valence-corrected chi connectivity index (χ3v) is 6.33. The third-order valence-electron chi connectivity index (χ3n) is 6.33. The van der Waals surface area contributed by atoms with Gasteiger partial charge in [-0.25, -0.2) is 8.78 Å². The van der Waals surface area contributed by atoms with Crippen LogP contribution in [0.2, 0.25) is 0 Å². The number of nitriles is 1. The summed E-state index contributed by atoms with van der Waals surface area (Å²) in [5, 5.41) is 15.4. The zero-order valence-corrected chi connectivity index (χ0v) is 18.2. The number of nitrogens with one attached hydrogen (secondary N) is 3. The Labute approximate surface area is 189 Å². The van der Waals surface area contributed by atoms with Gasteiger partial charge in [0.15, 0.2) is 0 Å². The molecular weight excluding hydrogens is 432 g/mol. The van der Waals surface area contributed by atoms with Gasteiger partial charge in [-0.2, -0.15) is 5.26 Å². The average Bonchev–Trinajstić information content (AvgIpc) is 3.35. The van der Waals surface area contributed by atoms with Crippen molar-refractivity contribution in [1.29, 1.82) is 5.26 Å². The van der Waals surface area contributed by atoms with E-state index in [2.05, 4.69) is 15.6 Å². The summed E-state index contributed by atoms with van der Waals surface area (Å²) >= 11 is 0. The molecule has 8 nitrogen and oxygen atoms in total. The van der Waals surface area contributed by atoms with Gasteiger partial charge in [0, 0.05) is 42.9 Å². The number of piperidine rings is 1. The van der Waals surface area contributed by atoms with Crippen LogP contribution in [-0.2, 0) is 9.59 Å². The Balaban J connectivity index is 1.56. The van der Waals surface area contributed by atoms with Crippen LogP contribution in [0.3, 0.4) is 0 Å². The van der Waals surface area contributed by atoms with Crippen molar-refractivity contribution in [2.75, 3.05) is 13.1 Å². The van der Waals surface area contributed by atoms with Crippen molar-refractivity contribution in [2.45, 2.75) is 50.6 Å². The summed E-state index contributed by atoms with van der Waals surface area (Å²) in [6.45, 7) is 2.05. The fourth-order valence-corrected chi connectivity index (χ4v) is 4.61. The monoisotopic (exact) mass is 457 g/mol. The number of aromatic nitrogens is 1. The first kappa shape index (κ1) is 22.7. The summed E-state index contributed by atoms with van der Waals surface area (Å²) < 4.78 is 28.5. The molecule has 3 atom stereocenters. The Kier molecular flexibility index (Phi) is 6.06. The van der Waals surface area contributed by atoms with Gasteiger partial charge in [0.25, 0.3) is 11.8 Å². The molecule has 0 bridgehead atoms. The van der Waals surface area contributed by atoms with E-state index in [9.17, 15) is 28.4 Å². The molecule has 3 N–H and O–H groups in total. The number of hydrogen-bond acceptors (Lipinski definition) is 4. The molecule has 0 spiro atoms.